The van der Waals surface area contributed by atoms with Crippen molar-refractivity contribution in [1.82, 2.24) is 4.98 Å². The number of hydrogen-bond acceptors (Lipinski definition) is 5. The Balaban J connectivity index is 1.17. The van der Waals surface area contributed by atoms with E-state index in [0.717, 1.165) is 32.2 Å². The van der Waals surface area contributed by atoms with Gasteiger partial charge >= 0.3 is 5.97 Å². The zero-order valence-corrected chi connectivity index (χ0v) is 21.1. The number of oxazole rings is 1. The van der Waals surface area contributed by atoms with Gasteiger partial charge in [0.2, 0.25) is 5.89 Å². The second-order valence-electron chi connectivity index (χ2n) is 8.46. The van der Waals surface area contributed by atoms with Crippen molar-refractivity contribution in [2.75, 3.05) is 0 Å². The standard InChI is InChI=1S/C31H19BrN2O3/c32-25-7-3-6-24(17-25)31(35)36-27-13-8-20(9-14-27)19-33-26-12-15-29-28(18-26)34-30(37-29)23-11-10-21-4-1-2-5-22(21)16-23/h1-19H. The van der Waals surface area contributed by atoms with E-state index in [0.29, 0.717) is 22.8 Å². The Bertz CT molecular complexity index is 1790. The molecule has 0 aliphatic rings. The number of esters is 1. The van der Waals surface area contributed by atoms with Gasteiger partial charge in [0.05, 0.1) is 11.3 Å². The summed E-state index contributed by atoms with van der Waals surface area (Å²) < 4.78 is 12.3. The number of nitrogens with zero attached hydrogens (tertiary/aromatic N) is 2. The summed E-state index contributed by atoms with van der Waals surface area (Å²) in [6.07, 6.45) is 1.76. The average molecular weight is 547 g/mol. The van der Waals surface area contributed by atoms with Crippen molar-refractivity contribution in [3.63, 3.8) is 0 Å². The summed E-state index contributed by atoms with van der Waals surface area (Å²) in [5.74, 6) is 0.633. The van der Waals surface area contributed by atoms with Crippen molar-refractivity contribution in [3.8, 4) is 17.2 Å². The number of carbonyl (C=O) groups is 1. The Morgan fingerprint density at radius 2 is 1.68 bits per heavy atom. The maximum atomic E-state index is 12.3. The Morgan fingerprint density at radius 1 is 0.838 bits per heavy atom. The number of carbonyl (C=O) groups excluding carboxylic acids is 1. The number of fused-ring (bicyclic) bond motifs is 2. The first-order chi connectivity index (χ1) is 18.1. The van der Waals surface area contributed by atoms with Crippen LogP contribution in [0.1, 0.15) is 15.9 Å². The molecule has 0 N–H and O–H groups in total. The quantitative estimate of drug-likeness (QED) is 0.124. The van der Waals surface area contributed by atoms with Crippen molar-refractivity contribution < 1.29 is 13.9 Å². The van der Waals surface area contributed by atoms with Gasteiger partial charge in [0.25, 0.3) is 0 Å². The number of rotatable bonds is 5. The van der Waals surface area contributed by atoms with Crippen LogP contribution in [0.25, 0.3) is 33.3 Å². The molecule has 1 heterocycles. The smallest absolute Gasteiger partial charge is 0.343 e. The Hall–Kier alpha value is -4.55. The summed E-state index contributed by atoms with van der Waals surface area (Å²) in [4.78, 5) is 21.6. The van der Waals surface area contributed by atoms with Crippen LogP contribution >= 0.6 is 15.9 Å². The molecule has 0 saturated heterocycles. The summed E-state index contributed by atoms with van der Waals surface area (Å²) in [7, 11) is 0. The highest BCUT2D eigenvalue weighted by atomic mass is 79.9. The number of aliphatic imine (C=N–C) groups is 1. The van der Waals surface area contributed by atoms with E-state index in [4.69, 9.17) is 9.15 Å². The van der Waals surface area contributed by atoms with Gasteiger partial charge in [0.15, 0.2) is 5.58 Å². The zero-order chi connectivity index (χ0) is 25.2. The van der Waals surface area contributed by atoms with E-state index in [-0.39, 0.29) is 0 Å². The van der Waals surface area contributed by atoms with E-state index in [1.807, 2.05) is 54.6 Å². The van der Waals surface area contributed by atoms with E-state index in [1.165, 1.54) is 5.39 Å². The third kappa shape index (κ3) is 5.06. The summed E-state index contributed by atoms with van der Waals surface area (Å²) in [6.45, 7) is 0. The Morgan fingerprint density at radius 3 is 2.51 bits per heavy atom. The average Bonchev–Trinajstić information content (AvgIpc) is 3.36. The van der Waals surface area contributed by atoms with Crippen LogP contribution in [0.5, 0.6) is 5.75 Å². The molecule has 0 fully saturated rings. The number of hydrogen-bond donors (Lipinski definition) is 0. The molecular formula is C31H19BrN2O3. The van der Waals surface area contributed by atoms with Gasteiger partial charge < -0.3 is 9.15 Å². The van der Waals surface area contributed by atoms with Crippen molar-refractivity contribution in [2.45, 2.75) is 0 Å². The molecule has 6 aromatic rings. The van der Waals surface area contributed by atoms with Crippen LogP contribution in [-0.4, -0.2) is 17.2 Å². The van der Waals surface area contributed by atoms with Gasteiger partial charge in [-0.2, -0.15) is 0 Å². The minimum atomic E-state index is -0.410. The molecular weight excluding hydrogens is 528 g/mol. The van der Waals surface area contributed by atoms with Crippen molar-refractivity contribution in [3.05, 3.63) is 125 Å². The molecule has 1 aromatic heterocycles. The largest absolute Gasteiger partial charge is 0.436 e. The monoisotopic (exact) mass is 546 g/mol. The maximum Gasteiger partial charge on any atom is 0.343 e. The van der Waals surface area contributed by atoms with Crippen LogP contribution in [0.3, 0.4) is 0 Å². The van der Waals surface area contributed by atoms with E-state index in [2.05, 4.69) is 50.2 Å². The molecule has 5 aromatic carbocycles. The summed E-state index contributed by atoms with van der Waals surface area (Å²) in [5.41, 5.74) is 4.49. The van der Waals surface area contributed by atoms with Gasteiger partial charge in [0.1, 0.15) is 11.3 Å². The van der Waals surface area contributed by atoms with Crippen LogP contribution < -0.4 is 4.74 Å². The van der Waals surface area contributed by atoms with E-state index in [9.17, 15) is 4.79 Å². The molecule has 0 spiro atoms. The predicted molar refractivity (Wildman–Crippen MR) is 150 cm³/mol. The van der Waals surface area contributed by atoms with Gasteiger partial charge in [-0.15, -0.1) is 0 Å². The minimum absolute atomic E-state index is 0.410. The lowest BCUT2D eigenvalue weighted by Gasteiger charge is -2.05. The molecule has 0 saturated carbocycles. The molecule has 6 heteroatoms. The first-order valence-electron chi connectivity index (χ1n) is 11.6. The molecule has 0 atom stereocenters. The lowest BCUT2D eigenvalue weighted by Crippen LogP contribution is -2.08. The van der Waals surface area contributed by atoms with Gasteiger partial charge in [0, 0.05) is 16.3 Å². The van der Waals surface area contributed by atoms with E-state index < -0.39 is 5.97 Å². The normalized spacial score (nSPS) is 11.4. The van der Waals surface area contributed by atoms with Gasteiger partial charge in [-0.05, 0) is 89.1 Å². The molecule has 178 valence electrons. The summed E-state index contributed by atoms with van der Waals surface area (Å²) in [6, 6.07) is 34.3. The highest BCUT2D eigenvalue weighted by Gasteiger charge is 2.10. The summed E-state index contributed by atoms with van der Waals surface area (Å²) in [5, 5.41) is 2.32. The SMILES string of the molecule is O=C(Oc1ccc(C=Nc2ccc3oc(-c4ccc5ccccc5c4)nc3c2)cc1)c1cccc(Br)c1. The maximum absolute atomic E-state index is 12.3. The van der Waals surface area contributed by atoms with Crippen LogP contribution in [0.15, 0.2) is 123 Å². The lowest BCUT2D eigenvalue weighted by atomic mass is 10.1. The first kappa shape index (κ1) is 22.9. The summed E-state index contributed by atoms with van der Waals surface area (Å²) >= 11 is 3.36. The zero-order valence-electron chi connectivity index (χ0n) is 19.5. The molecule has 0 bridgehead atoms. The van der Waals surface area contributed by atoms with Crippen LogP contribution in [0, 0.1) is 0 Å². The topological polar surface area (TPSA) is 64.7 Å². The fourth-order valence-electron chi connectivity index (χ4n) is 3.99. The molecule has 0 unspecified atom stereocenters. The minimum Gasteiger partial charge on any atom is -0.436 e. The van der Waals surface area contributed by atoms with Crippen LogP contribution in [0.2, 0.25) is 0 Å². The predicted octanol–water partition coefficient (Wildman–Crippen LogP) is 8.38. The Labute approximate surface area is 221 Å². The number of benzene rings is 5. The van der Waals surface area contributed by atoms with E-state index in [1.54, 1.807) is 36.5 Å². The van der Waals surface area contributed by atoms with Crippen molar-refractivity contribution >= 4 is 55.7 Å². The fraction of sp³-hybridized carbons (Fsp3) is 0. The first-order valence-corrected chi connectivity index (χ1v) is 12.4. The van der Waals surface area contributed by atoms with E-state index >= 15 is 0 Å². The number of halogens is 1. The van der Waals surface area contributed by atoms with Gasteiger partial charge in [-0.25, -0.2) is 9.78 Å². The van der Waals surface area contributed by atoms with Crippen molar-refractivity contribution in [2.24, 2.45) is 4.99 Å². The number of ether oxygens (including phenoxy) is 1. The number of aromatic nitrogens is 1. The molecule has 0 aliphatic carbocycles. The van der Waals surface area contributed by atoms with Gasteiger partial charge in [-0.1, -0.05) is 52.3 Å². The van der Waals surface area contributed by atoms with Crippen molar-refractivity contribution in [1.29, 1.82) is 0 Å². The second-order valence-corrected chi connectivity index (χ2v) is 9.38. The van der Waals surface area contributed by atoms with Gasteiger partial charge in [-0.3, -0.25) is 4.99 Å². The highest BCUT2D eigenvalue weighted by Crippen LogP contribution is 2.29. The molecule has 0 amide bonds. The van der Waals surface area contributed by atoms with Crippen LogP contribution in [0.4, 0.5) is 5.69 Å². The molecule has 37 heavy (non-hydrogen) atoms. The lowest BCUT2D eigenvalue weighted by molar-refractivity contribution is 0.0734. The Kier molecular flexibility index (Phi) is 6.08. The van der Waals surface area contributed by atoms with Crippen LogP contribution in [-0.2, 0) is 0 Å². The molecule has 0 aliphatic heterocycles. The third-order valence-corrected chi connectivity index (χ3v) is 6.37. The highest BCUT2D eigenvalue weighted by molar-refractivity contribution is 9.10. The fourth-order valence-corrected chi connectivity index (χ4v) is 4.39. The third-order valence-electron chi connectivity index (χ3n) is 5.88. The second kappa shape index (κ2) is 9.84. The molecule has 5 nitrogen and oxygen atoms in total. The molecule has 6 rings (SSSR count). The molecule has 0 radical (unpaired) electrons.